The van der Waals surface area contributed by atoms with Gasteiger partial charge in [-0.3, -0.25) is 9.69 Å². The van der Waals surface area contributed by atoms with Gasteiger partial charge in [0.25, 0.3) is 0 Å². The zero-order valence-electron chi connectivity index (χ0n) is 21.5. The highest BCUT2D eigenvalue weighted by atomic mass is 16.1. The summed E-state index contributed by atoms with van der Waals surface area (Å²) in [5.41, 5.74) is 0. The fourth-order valence-electron chi connectivity index (χ4n) is 6.43. The van der Waals surface area contributed by atoms with Gasteiger partial charge < -0.3 is 20.0 Å². The third-order valence-electron chi connectivity index (χ3n) is 8.70. The number of piperazine rings is 1. The first-order chi connectivity index (χ1) is 17.3. The van der Waals surface area contributed by atoms with Gasteiger partial charge in [0.15, 0.2) is 11.6 Å². The lowest BCUT2D eigenvalue weighted by atomic mass is 9.94. The Balaban J connectivity index is 0.950. The number of hydrogen-bond donors (Lipinski definition) is 1. The number of hydrogen-bond acceptors (Lipinski definition) is 7. The van der Waals surface area contributed by atoms with Gasteiger partial charge in [0.1, 0.15) is 0 Å². The van der Waals surface area contributed by atoms with Gasteiger partial charge >= 0.3 is 0 Å². The molecular formula is C27H45N7O. The van der Waals surface area contributed by atoms with Crippen LogP contribution in [0.4, 0.5) is 11.6 Å². The Kier molecular flexibility index (Phi) is 8.73. The molecule has 1 N–H and O–H groups in total. The van der Waals surface area contributed by atoms with Crippen LogP contribution in [0.5, 0.6) is 0 Å². The molecule has 4 fully saturated rings. The fraction of sp³-hybridized carbons (Fsp3) is 0.815. The Hall–Kier alpha value is -1.93. The molecule has 5 rings (SSSR count). The monoisotopic (exact) mass is 483 g/mol. The molecular weight excluding hydrogens is 438 g/mol. The van der Waals surface area contributed by atoms with Gasteiger partial charge in [-0.2, -0.15) is 0 Å². The van der Waals surface area contributed by atoms with E-state index in [1.165, 1.54) is 71.1 Å². The van der Waals surface area contributed by atoms with E-state index < -0.39 is 0 Å². The van der Waals surface area contributed by atoms with Crippen LogP contribution in [0.3, 0.4) is 0 Å². The highest BCUT2D eigenvalue weighted by Crippen LogP contribution is 2.25. The van der Waals surface area contributed by atoms with Crippen LogP contribution in [0.25, 0.3) is 0 Å². The van der Waals surface area contributed by atoms with E-state index in [4.69, 9.17) is 0 Å². The van der Waals surface area contributed by atoms with Crippen LogP contribution in [0.15, 0.2) is 12.1 Å². The Morgan fingerprint density at radius 2 is 1.40 bits per heavy atom. The van der Waals surface area contributed by atoms with Crippen molar-refractivity contribution >= 4 is 17.5 Å². The van der Waals surface area contributed by atoms with E-state index in [9.17, 15) is 4.79 Å². The summed E-state index contributed by atoms with van der Waals surface area (Å²) >= 11 is 0. The van der Waals surface area contributed by atoms with Crippen molar-refractivity contribution in [1.82, 2.24) is 25.3 Å². The lowest BCUT2D eigenvalue weighted by molar-refractivity contribution is -0.125. The van der Waals surface area contributed by atoms with E-state index in [-0.39, 0.29) is 11.8 Å². The predicted octanol–water partition coefficient (Wildman–Crippen LogP) is 2.75. The van der Waals surface area contributed by atoms with E-state index in [0.717, 1.165) is 76.2 Å². The standard InChI is InChI=1S/C27H45N7O/c35-27(28-13-6-14-31-19-21-32(22-20-31)24-7-2-1-3-8-24)23-11-17-34(18-12-23)26-10-9-25(29-30-26)33-15-4-5-16-33/h9-10,23-24H,1-8,11-22H2,(H,28,35). The number of nitrogens with one attached hydrogen (secondary N) is 1. The van der Waals surface area contributed by atoms with Crippen molar-refractivity contribution in [3.63, 3.8) is 0 Å². The normalized spacial score (nSPS) is 23.7. The summed E-state index contributed by atoms with van der Waals surface area (Å²) in [6.45, 7) is 10.6. The Morgan fingerprint density at radius 3 is 2.03 bits per heavy atom. The van der Waals surface area contributed by atoms with Crippen molar-refractivity contribution in [2.75, 3.05) is 75.2 Å². The Labute approximate surface area is 211 Å². The number of aromatic nitrogens is 2. The van der Waals surface area contributed by atoms with Crippen molar-refractivity contribution in [3.8, 4) is 0 Å². The number of rotatable bonds is 8. The second-order valence-corrected chi connectivity index (χ2v) is 11.0. The van der Waals surface area contributed by atoms with Crippen LogP contribution in [0.2, 0.25) is 0 Å². The van der Waals surface area contributed by atoms with E-state index in [1.807, 2.05) is 0 Å². The van der Waals surface area contributed by atoms with Crippen LogP contribution in [-0.4, -0.2) is 97.4 Å². The number of nitrogens with zero attached hydrogens (tertiary/aromatic N) is 6. The summed E-state index contributed by atoms with van der Waals surface area (Å²) in [4.78, 5) is 22.6. The lowest BCUT2D eigenvalue weighted by Gasteiger charge is -2.40. The SMILES string of the molecule is O=C(NCCCN1CCN(C2CCCCC2)CC1)C1CCN(c2ccc(N3CCCC3)nn2)CC1. The second-order valence-electron chi connectivity index (χ2n) is 11.0. The summed E-state index contributed by atoms with van der Waals surface area (Å²) in [5.74, 6) is 2.30. The molecule has 35 heavy (non-hydrogen) atoms. The van der Waals surface area contributed by atoms with E-state index in [0.29, 0.717) is 0 Å². The van der Waals surface area contributed by atoms with Crippen LogP contribution < -0.4 is 15.1 Å². The molecule has 0 unspecified atom stereocenters. The molecule has 1 aromatic rings. The van der Waals surface area contributed by atoms with Gasteiger partial charge in [0.05, 0.1) is 0 Å². The first kappa shape index (κ1) is 24.8. The third kappa shape index (κ3) is 6.64. The molecule has 4 heterocycles. The Morgan fingerprint density at radius 1 is 0.771 bits per heavy atom. The largest absolute Gasteiger partial charge is 0.356 e. The third-order valence-corrected chi connectivity index (χ3v) is 8.70. The van der Waals surface area contributed by atoms with Crippen molar-refractivity contribution in [2.45, 2.75) is 70.3 Å². The average Bonchev–Trinajstić information content (AvgIpc) is 3.47. The minimum atomic E-state index is 0.127. The number of carbonyl (C=O) groups excluding carboxylic acids is 1. The summed E-state index contributed by atoms with van der Waals surface area (Å²) in [7, 11) is 0. The Bertz CT molecular complexity index is 775. The minimum absolute atomic E-state index is 0.127. The summed E-state index contributed by atoms with van der Waals surface area (Å²) < 4.78 is 0. The molecule has 0 aromatic carbocycles. The second kappa shape index (κ2) is 12.3. The quantitative estimate of drug-likeness (QED) is 0.570. The smallest absolute Gasteiger partial charge is 0.223 e. The topological polar surface area (TPSA) is 67.8 Å². The molecule has 1 aliphatic carbocycles. The molecule has 3 aliphatic heterocycles. The number of anilines is 2. The highest BCUT2D eigenvalue weighted by Gasteiger charge is 2.27. The molecule has 1 amide bonds. The van der Waals surface area contributed by atoms with Crippen molar-refractivity contribution in [1.29, 1.82) is 0 Å². The van der Waals surface area contributed by atoms with Crippen LogP contribution in [-0.2, 0) is 4.79 Å². The first-order valence-electron chi connectivity index (χ1n) is 14.3. The molecule has 1 aromatic heterocycles. The van der Waals surface area contributed by atoms with Crippen LogP contribution >= 0.6 is 0 Å². The number of amides is 1. The number of carbonyl (C=O) groups is 1. The molecule has 0 atom stereocenters. The van der Waals surface area contributed by atoms with Crippen molar-refractivity contribution in [2.24, 2.45) is 5.92 Å². The average molecular weight is 484 g/mol. The van der Waals surface area contributed by atoms with Gasteiger partial charge in [0, 0.05) is 70.9 Å². The maximum Gasteiger partial charge on any atom is 0.223 e. The summed E-state index contributed by atoms with van der Waals surface area (Å²) in [5, 5.41) is 12.2. The molecule has 1 saturated carbocycles. The van der Waals surface area contributed by atoms with Gasteiger partial charge in [0.2, 0.25) is 5.91 Å². The van der Waals surface area contributed by atoms with E-state index in [2.05, 4.69) is 47.2 Å². The molecule has 0 spiro atoms. The molecule has 8 heteroatoms. The highest BCUT2D eigenvalue weighted by molar-refractivity contribution is 5.78. The van der Waals surface area contributed by atoms with E-state index >= 15 is 0 Å². The lowest BCUT2D eigenvalue weighted by Crippen LogP contribution is -2.51. The fourth-order valence-corrected chi connectivity index (χ4v) is 6.43. The van der Waals surface area contributed by atoms with E-state index in [1.54, 1.807) is 0 Å². The molecule has 194 valence electrons. The van der Waals surface area contributed by atoms with Gasteiger partial charge in [-0.1, -0.05) is 19.3 Å². The molecule has 8 nitrogen and oxygen atoms in total. The number of piperidine rings is 1. The summed E-state index contributed by atoms with van der Waals surface area (Å²) in [6.07, 6.45) is 12.4. The van der Waals surface area contributed by atoms with Crippen LogP contribution in [0, 0.1) is 5.92 Å². The predicted molar refractivity (Wildman–Crippen MR) is 141 cm³/mol. The maximum absolute atomic E-state index is 12.7. The summed E-state index contributed by atoms with van der Waals surface area (Å²) in [6, 6.07) is 5.04. The van der Waals surface area contributed by atoms with Gasteiger partial charge in [-0.15, -0.1) is 10.2 Å². The van der Waals surface area contributed by atoms with Gasteiger partial charge in [-0.05, 0) is 63.6 Å². The first-order valence-corrected chi connectivity index (χ1v) is 14.3. The van der Waals surface area contributed by atoms with Crippen molar-refractivity contribution in [3.05, 3.63) is 12.1 Å². The molecule has 4 aliphatic rings. The van der Waals surface area contributed by atoms with Crippen molar-refractivity contribution < 1.29 is 4.79 Å². The zero-order chi connectivity index (χ0) is 23.9. The van der Waals surface area contributed by atoms with Gasteiger partial charge in [-0.25, -0.2) is 0 Å². The van der Waals surface area contributed by atoms with Crippen LogP contribution in [0.1, 0.15) is 64.2 Å². The minimum Gasteiger partial charge on any atom is -0.356 e. The maximum atomic E-state index is 12.7. The molecule has 0 bridgehead atoms. The molecule has 0 radical (unpaired) electrons. The zero-order valence-corrected chi connectivity index (χ0v) is 21.5. The molecule has 3 saturated heterocycles.